The largest absolute Gasteiger partial charge is 0.497 e. The van der Waals surface area contributed by atoms with Crippen molar-refractivity contribution in [2.75, 3.05) is 26.7 Å². The predicted molar refractivity (Wildman–Crippen MR) is 98.8 cm³/mol. The molecule has 1 aromatic carbocycles. The van der Waals surface area contributed by atoms with Crippen molar-refractivity contribution in [1.29, 1.82) is 0 Å². The van der Waals surface area contributed by atoms with Crippen LogP contribution in [0.25, 0.3) is 0 Å². The number of hydrogen-bond donors (Lipinski definition) is 1. The van der Waals surface area contributed by atoms with Gasteiger partial charge in [0.15, 0.2) is 0 Å². The van der Waals surface area contributed by atoms with E-state index in [4.69, 9.17) is 4.74 Å². The molecule has 1 aliphatic rings. The Hall–Kier alpha value is -1.63. The van der Waals surface area contributed by atoms with Crippen molar-refractivity contribution in [2.45, 2.75) is 6.04 Å². The number of nitrogens with one attached hydrogen (secondary N) is 1. The van der Waals surface area contributed by atoms with Crippen molar-refractivity contribution in [3.63, 3.8) is 0 Å². The monoisotopic (exact) mass is 411 g/mol. The van der Waals surface area contributed by atoms with Crippen LogP contribution < -0.4 is 10.1 Å². The lowest BCUT2D eigenvalue weighted by Gasteiger charge is -2.36. The molecule has 0 aliphatic carbocycles. The highest BCUT2D eigenvalue weighted by atomic mass is 79.9. The minimum atomic E-state index is -0.0250. The quantitative estimate of drug-likeness (QED) is 0.842. The molecule has 5 nitrogen and oxygen atoms in total. The van der Waals surface area contributed by atoms with E-state index in [9.17, 15) is 4.79 Å². The first kappa shape index (κ1) is 18.7. The Bertz CT molecular complexity index is 699. The topological polar surface area (TPSA) is 54.5 Å². The third-order valence-corrected chi connectivity index (χ3v) is 4.67. The fraction of sp³-hybridized carbons (Fsp3) is 0.294. The highest BCUT2D eigenvalue weighted by Gasteiger charge is 2.29. The Morgan fingerprint density at radius 3 is 2.96 bits per heavy atom. The number of rotatable bonds is 3. The van der Waals surface area contributed by atoms with Gasteiger partial charge in [-0.3, -0.25) is 9.78 Å². The predicted octanol–water partition coefficient (Wildman–Crippen LogP) is 3.06. The summed E-state index contributed by atoms with van der Waals surface area (Å²) >= 11 is 3.47. The first-order chi connectivity index (χ1) is 11.2. The number of hydrogen-bond acceptors (Lipinski definition) is 4. The molecule has 1 saturated heterocycles. The number of halogens is 2. The summed E-state index contributed by atoms with van der Waals surface area (Å²) in [5.74, 6) is 0.663. The van der Waals surface area contributed by atoms with E-state index in [0.29, 0.717) is 17.9 Å². The van der Waals surface area contributed by atoms with Gasteiger partial charge in [0, 0.05) is 36.5 Å². The van der Waals surface area contributed by atoms with Crippen LogP contribution >= 0.6 is 28.3 Å². The molecule has 7 heteroatoms. The summed E-state index contributed by atoms with van der Waals surface area (Å²) < 4.78 is 6.02. The summed E-state index contributed by atoms with van der Waals surface area (Å²) in [5, 5.41) is 3.35. The molecule has 0 saturated carbocycles. The third kappa shape index (κ3) is 3.88. The maximum atomic E-state index is 13.1. The van der Waals surface area contributed by atoms with Gasteiger partial charge in [0.25, 0.3) is 5.91 Å². The number of nitrogens with zero attached hydrogens (tertiary/aromatic N) is 2. The summed E-state index contributed by atoms with van der Waals surface area (Å²) in [4.78, 5) is 19.1. The minimum absolute atomic E-state index is 0. The van der Waals surface area contributed by atoms with Crippen molar-refractivity contribution in [2.24, 2.45) is 0 Å². The molecule has 24 heavy (non-hydrogen) atoms. The van der Waals surface area contributed by atoms with Gasteiger partial charge in [0.2, 0.25) is 0 Å². The average molecular weight is 413 g/mol. The van der Waals surface area contributed by atoms with E-state index < -0.39 is 0 Å². The molecular weight excluding hydrogens is 394 g/mol. The van der Waals surface area contributed by atoms with Crippen LogP contribution in [0.4, 0.5) is 0 Å². The van der Waals surface area contributed by atoms with Crippen molar-refractivity contribution in [3.8, 4) is 5.75 Å². The number of pyridine rings is 1. The van der Waals surface area contributed by atoms with Crippen molar-refractivity contribution >= 4 is 34.2 Å². The van der Waals surface area contributed by atoms with E-state index in [1.165, 1.54) is 0 Å². The second-order valence-corrected chi connectivity index (χ2v) is 6.20. The molecule has 128 valence electrons. The SMILES string of the molecule is COc1ccc(Br)c(C(=O)N2CCNCC2c2cccnc2)c1.Cl. The molecular formula is C17H19BrClN3O2. The van der Waals surface area contributed by atoms with E-state index in [2.05, 4.69) is 26.2 Å². The van der Waals surface area contributed by atoms with Crippen LogP contribution in [-0.2, 0) is 0 Å². The van der Waals surface area contributed by atoms with E-state index in [-0.39, 0.29) is 24.4 Å². The molecule has 1 aromatic heterocycles. The Kier molecular flexibility index (Phi) is 6.60. The van der Waals surface area contributed by atoms with Gasteiger partial charge in [-0.05, 0) is 45.8 Å². The molecule has 1 fully saturated rings. The van der Waals surface area contributed by atoms with E-state index in [1.807, 2.05) is 35.4 Å². The highest BCUT2D eigenvalue weighted by molar-refractivity contribution is 9.10. The lowest BCUT2D eigenvalue weighted by Crippen LogP contribution is -2.48. The zero-order valence-electron chi connectivity index (χ0n) is 13.2. The molecule has 1 atom stereocenters. The second-order valence-electron chi connectivity index (χ2n) is 5.35. The smallest absolute Gasteiger partial charge is 0.255 e. The molecule has 2 heterocycles. The third-order valence-electron chi connectivity index (χ3n) is 3.98. The molecule has 1 N–H and O–H groups in total. The number of methoxy groups -OCH3 is 1. The molecule has 2 aromatic rings. The molecule has 3 rings (SSSR count). The number of benzene rings is 1. The van der Waals surface area contributed by atoms with Gasteiger partial charge in [0.1, 0.15) is 5.75 Å². The Morgan fingerprint density at radius 2 is 2.25 bits per heavy atom. The van der Waals surface area contributed by atoms with Gasteiger partial charge in [-0.15, -0.1) is 12.4 Å². The van der Waals surface area contributed by atoms with E-state index >= 15 is 0 Å². The number of aromatic nitrogens is 1. The number of piperazine rings is 1. The Morgan fingerprint density at radius 1 is 1.42 bits per heavy atom. The molecule has 1 amide bonds. The van der Waals surface area contributed by atoms with Crippen molar-refractivity contribution < 1.29 is 9.53 Å². The average Bonchev–Trinajstić information content (AvgIpc) is 2.62. The zero-order valence-corrected chi connectivity index (χ0v) is 15.6. The Balaban J connectivity index is 0.00000208. The summed E-state index contributed by atoms with van der Waals surface area (Å²) in [7, 11) is 1.60. The van der Waals surface area contributed by atoms with Crippen LogP contribution in [0.15, 0.2) is 47.2 Å². The first-order valence-corrected chi connectivity index (χ1v) is 8.25. The summed E-state index contributed by atoms with van der Waals surface area (Å²) in [5.41, 5.74) is 1.65. The van der Waals surface area contributed by atoms with Crippen LogP contribution in [-0.4, -0.2) is 42.5 Å². The number of carbonyl (C=O) groups excluding carboxylic acids is 1. The second kappa shape index (κ2) is 8.46. The fourth-order valence-electron chi connectivity index (χ4n) is 2.77. The van der Waals surface area contributed by atoms with Crippen LogP contribution in [0, 0.1) is 0 Å². The van der Waals surface area contributed by atoms with Gasteiger partial charge in [-0.1, -0.05) is 6.07 Å². The maximum Gasteiger partial charge on any atom is 0.255 e. The van der Waals surface area contributed by atoms with Crippen molar-refractivity contribution in [1.82, 2.24) is 15.2 Å². The summed E-state index contributed by atoms with van der Waals surface area (Å²) in [6.45, 7) is 2.16. The first-order valence-electron chi connectivity index (χ1n) is 7.46. The standard InChI is InChI=1S/C17H18BrN3O2.ClH/c1-23-13-4-5-15(18)14(9-13)17(22)21-8-7-20-11-16(21)12-3-2-6-19-10-12;/h2-6,9-10,16,20H,7-8,11H2,1H3;1H. The number of carbonyl (C=O) groups is 1. The van der Waals surface area contributed by atoms with Gasteiger partial charge in [0.05, 0.1) is 18.7 Å². The lowest BCUT2D eigenvalue weighted by atomic mass is 10.0. The summed E-state index contributed by atoms with van der Waals surface area (Å²) in [6, 6.07) is 9.32. The fourth-order valence-corrected chi connectivity index (χ4v) is 3.18. The van der Waals surface area contributed by atoms with Gasteiger partial charge >= 0.3 is 0 Å². The minimum Gasteiger partial charge on any atom is -0.497 e. The molecule has 1 unspecified atom stereocenters. The maximum absolute atomic E-state index is 13.1. The zero-order chi connectivity index (χ0) is 16.2. The highest BCUT2D eigenvalue weighted by Crippen LogP contribution is 2.28. The van der Waals surface area contributed by atoms with Crippen LogP contribution in [0.3, 0.4) is 0 Å². The van der Waals surface area contributed by atoms with E-state index in [0.717, 1.165) is 23.1 Å². The van der Waals surface area contributed by atoms with Crippen LogP contribution in [0.5, 0.6) is 5.75 Å². The van der Waals surface area contributed by atoms with Crippen molar-refractivity contribution in [3.05, 3.63) is 58.3 Å². The molecule has 1 aliphatic heterocycles. The summed E-state index contributed by atoms with van der Waals surface area (Å²) in [6.07, 6.45) is 3.56. The van der Waals surface area contributed by atoms with Crippen LogP contribution in [0.1, 0.15) is 22.0 Å². The van der Waals surface area contributed by atoms with Gasteiger partial charge < -0.3 is 15.0 Å². The van der Waals surface area contributed by atoms with Crippen LogP contribution in [0.2, 0.25) is 0 Å². The van der Waals surface area contributed by atoms with Gasteiger partial charge in [-0.25, -0.2) is 0 Å². The number of ether oxygens (including phenoxy) is 1. The molecule has 0 radical (unpaired) electrons. The van der Waals surface area contributed by atoms with E-state index in [1.54, 1.807) is 19.4 Å². The Labute approximate surface area is 155 Å². The number of amides is 1. The van der Waals surface area contributed by atoms with Gasteiger partial charge in [-0.2, -0.15) is 0 Å². The molecule has 0 bridgehead atoms. The normalized spacial score (nSPS) is 17.1. The molecule has 0 spiro atoms. The lowest BCUT2D eigenvalue weighted by molar-refractivity contribution is 0.0632.